The first-order valence-corrected chi connectivity index (χ1v) is 7.18. The van der Waals surface area contributed by atoms with Gasteiger partial charge in [0.1, 0.15) is 6.54 Å². The van der Waals surface area contributed by atoms with Gasteiger partial charge in [-0.15, -0.1) is 0 Å². The van der Waals surface area contributed by atoms with Crippen LogP contribution in [0.4, 0.5) is 0 Å². The van der Waals surface area contributed by atoms with Crippen LogP contribution < -0.4 is 0 Å². The average Bonchev–Trinajstić information content (AvgIpc) is 2.23. The highest BCUT2D eigenvalue weighted by Gasteiger charge is 2.27. The summed E-state index contributed by atoms with van der Waals surface area (Å²) < 4.78 is 29.2. The largest absolute Gasteiger partial charge is 0.480 e. The van der Waals surface area contributed by atoms with Crippen molar-refractivity contribution < 1.29 is 27.9 Å². The molecule has 8 heteroatoms. The van der Waals surface area contributed by atoms with Crippen molar-refractivity contribution in [2.45, 2.75) is 33.2 Å². The summed E-state index contributed by atoms with van der Waals surface area (Å²) in [6.07, 6.45) is -0.279. The van der Waals surface area contributed by atoms with E-state index in [1.165, 1.54) is 0 Å². The van der Waals surface area contributed by atoms with Crippen molar-refractivity contribution in [1.29, 1.82) is 0 Å². The van der Waals surface area contributed by atoms with E-state index in [0.29, 0.717) is 0 Å². The minimum absolute atomic E-state index is 0.182. The summed E-state index contributed by atoms with van der Waals surface area (Å²) in [5.74, 6) is -2.29. The highest BCUT2D eigenvalue weighted by atomic mass is 32.2. The van der Waals surface area contributed by atoms with Gasteiger partial charge in [-0.2, -0.15) is 4.31 Å². The molecule has 0 heterocycles. The molecular formula is C10H19NO6S. The summed E-state index contributed by atoms with van der Waals surface area (Å²) >= 11 is 0. The third-order valence-electron chi connectivity index (χ3n) is 2.09. The van der Waals surface area contributed by atoms with E-state index in [4.69, 9.17) is 5.11 Å². The van der Waals surface area contributed by atoms with Crippen LogP contribution in [-0.4, -0.2) is 54.7 Å². The van der Waals surface area contributed by atoms with Gasteiger partial charge in [-0.3, -0.25) is 9.59 Å². The molecule has 7 nitrogen and oxygen atoms in total. The number of carbonyl (C=O) groups is 2. The molecule has 0 aliphatic carbocycles. The second-order valence-electron chi connectivity index (χ2n) is 3.90. The van der Waals surface area contributed by atoms with E-state index >= 15 is 0 Å². The number of rotatable bonds is 8. The van der Waals surface area contributed by atoms with Crippen LogP contribution in [0.2, 0.25) is 0 Å². The van der Waals surface area contributed by atoms with Crippen molar-refractivity contribution in [1.82, 2.24) is 4.31 Å². The van der Waals surface area contributed by atoms with Crippen LogP contribution in [0, 0.1) is 0 Å². The molecule has 106 valence electrons. The SMILES string of the molecule is CCOC(=O)CCS(=O)(=O)N(CC(=O)O)C(C)C. The number of sulfonamides is 1. The molecule has 0 saturated carbocycles. The van der Waals surface area contributed by atoms with Gasteiger partial charge in [0.05, 0.1) is 18.8 Å². The molecule has 0 aromatic carbocycles. The Morgan fingerprint density at radius 3 is 2.28 bits per heavy atom. The molecular weight excluding hydrogens is 262 g/mol. The van der Waals surface area contributed by atoms with Crippen LogP contribution in [0.1, 0.15) is 27.2 Å². The fraction of sp³-hybridized carbons (Fsp3) is 0.800. The molecule has 0 aromatic rings. The van der Waals surface area contributed by atoms with E-state index in [1.54, 1.807) is 20.8 Å². The Balaban J connectivity index is 4.66. The number of aliphatic carboxylic acids is 1. The number of hydrogen-bond acceptors (Lipinski definition) is 5. The fourth-order valence-corrected chi connectivity index (χ4v) is 2.91. The van der Waals surface area contributed by atoms with Crippen LogP contribution in [-0.2, 0) is 24.3 Å². The van der Waals surface area contributed by atoms with E-state index < -0.39 is 40.3 Å². The fourth-order valence-electron chi connectivity index (χ4n) is 1.30. The lowest BCUT2D eigenvalue weighted by Gasteiger charge is -2.23. The highest BCUT2D eigenvalue weighted by Crippen LogP contribution is 2.09. The number of esters is 1. The molecule has 0 radical (unpaired) electrons. The summed E-state index contributed by atoms with van der Waals surface area (Å²) in [6.45, 7) is 4.34. The topological polar surface area (TPSA) is 101 Å². The van der Waals surface area contributed by atoms with Crippen LogP contribution in [0.15, 0.2) is 0 Å². The summed E-state index contributed by atoms with van der Waals surface area (Å²) in [6, 6.07) is -0.478. The highest BCUT2D eigenvalue weighted by molar-refractivity contribution is 7.89. The number of nitrogens with zero attached hydrogens (tertiary/aromatic N) is 1. The Bertz CT molecular complexity index is 389. The predicted octanol–water partition coefficient (Wildman–Crippen LogP) is 0.0644. The molecule has 0 bridgehead atoms. The lowest BCUT2D eigenvalue weighted by Crippen LogP contribution is -2.42. The standard InChI is InChI=1S/C10H19NO6S/c1-4-17-10(14)5-6-18(15,16)11(8(2)3)7-9(12)13/h8H,4-7H2,1-3H3,(H,12,13). The quantitative estimate of drug-likeness (QED) is 0.631. The molecule has 0 rings (SSSR count). The van der Waals surface area contributed by atoms with Crippen LogP contribution in [0.25, 0.3) is 0 Å². The minimum atomic E-state index is -3.78. The number of hydrogen-bond donors (Lipinski definition) is 1. The summed E-state index contributed by atoms with van der Waals surface area (Å²) in [4.78, 5) is 21.7. The Morgan fingerprint density at radius 2 is 1.89 bits per heavy atom. The van der Waals surface area contributed by atoms with E-state index in [9.17, 15) is 18.0 Å². The van der Waals surface area contributed by atoms with Crippen molar-refractivity contribution in [2.24, 2.45) is 0 Å². The first-order chi connectivity index (χ1) is 8.20. The van der Waals surface area contributed by atoms with E-state index in [0.717, 1.165) is 4.31 Å². The van der Waals surface area contributed by atoms with Crippen molar-refractivity contribution in [2.75, 3.05) is 18.9 Å². The maximum atomic E-state index is 11.9. The molecule has 18 heavy (non-hydrogen) atoms. The molecule has 0 fully saturated rings. The third kappa shape index (κ3) is 5.97. The van der Waals surface area contributed by atoms with Gasteiger partial charge >= 0.3 is 11.9 Å². The summed E-state index contributed by atoms with van der Waals surface area (Å²) in [7, 11) is -3.78. The van der Waals surface area contributed by atoms with Crippen molar-refractivity contribution in [3.63, 3.8) is 0 Å². The lowest BCUT2D eigenvalue weighted by atomic mass is 10.4. The first-order valence-electron chi connectivity index (χ1n) is 5.57. The van der Waals surface area contributed by atoms with Crippen molar-refractivity contribution in [3.8, 4) is 0 Å². The maximum Gasteiger partial charge on any atom is 0.318 e. The maximum absolute atomic E-state index is 11.9. The lowest BCUT2D eigenvalue weighted by molar-refractivity contribution is -0.142. The Hall–Kier alpha value is -1.15. The molecule has 0 atom stereocenters. The van der Waals surface area contributed by atoms with E-state index in [2.05, 4.69) is 4.74 Å². The second kappa shape index (κ2) is 7.32. The molecule has 1 N–H and O–H groups in total. The Morgan fingerprint density at radius 1 is 1.33 bits per heavy atom. The number of carbonyl (C=O) groups excluding carboxylic acids is 1. The molecule has 0 saturated heterocycles. The monoisotopic (exact) mass is 281 g/mol. The molecule has 0 spiro atoms. The predicted molar refractivity (Wildman–Crippen MR) is 64.5 cm³/mol. The smallest absolute Gasteiger partial charge is 0.318 e. The molecule has 0 aromatic heterocycles. The minimum Gasteiger partial charge on any atom is -0.480 e. The van der Waals surface area contributed by atoms with Gasteiger partial charge in [0.15, 0.2) is 0 Å². The summed E-state index contributed by atoms with van der Waals surface area (Å²) in [5, 5.41) is 8.66. The second-order valence-corrected chi connectivity index (χ2v) is 5.94. The van der Waals surface area contributed by atoms with Gasteiger partial charge in [-0.05, 0) is 20.8 Å². The van der Waals surface area contributed by atoms with Crippen LogP contribution in [0.3, 0.4) is 0 Å². The molecule has 0 aliphatic rings. The molecule has 0 aliphatic heterocycles. The normalized spacial score (nSPS) is 11.8. The van der Waals surface area contributed by atoms with Gasteiger partial charge < -0.3 is 9.84 Å². The number of carboxylic acids is 1. The number of carboxylic acid groups (broad SMARTS) is 1. The van der Waals surface area contributed by atoms with Crippen LogP contribution in [0.5, 0.6) is 0 Å². The van der Waals surface area contributed by atoms with Gasteiger partial charge in [0, 0.05) is 6.04 Å². The van der Waals surface area contributed by atoms with Crippen molar-refractivity contribution >= 4 is 22.0 Å². The third-order valence-corrected chi connectivity index (χ3v) is 4.08. The zero-order valence-corrected chi connectivity index (χ0v) is 11.6. The van der Waals surface area contributed by atoms with E-state index in [1.807, 2.05) is 0 Å². The number of ether oxygens (including phenoxy) is 1. The zero-order valence-electron chi connectivity index (χ0n) is 10.7. The van der Waals surface area contributed by atoms with Gasteiger partial charge in [-0.1, -0.05) is 0 Å². The average molecular weight is 281 g/mol. The molecule has 0 unspecified atom stereocenters. The van der Waals surface area contributed by atoms with Gasteiger partial charge in [-0.25, -0.2) is 8.42 Å². The molecule has 0 amide bonds. The van der Waals surface area contributed by atoms with Crippen LogP contribution >= 0.6 is 0 Å². The van der Waals surface area contributed by atoms with Gasteiger partial charge in [0.25, 0.3) is 0 Å². The Kier molecular flexibility index (Phi) is 6.85. The summed E-state index contributed by atoms with van der Waals surface area (Å²) in [5.41, 5.74) is 0. The Labute approximate surface area is 107 Å². The zero-order chi connectivity index (χ0) is 14.3. The first kappa shape index (κ1) is 16.9. The van der Waals surface area contributed by atoms with E-state index in [-0.39, 0.29) is 13.0 Å². The van der Waals surface area contributed by atoms with Gasteiger partial charge in [0.2, 0.25) is 10.0 Å². The van der Waals surface area contributed by atoms with Crippen molar-refractivity contribution in [3.05, 3.63) is 0 Å².